The molecular weight excluding hydrogens is 488 g/mol. The first-order chi connectivity index (χ1) is 21.5. The van der Waals surface area contributed by atoms with Crippen molar-refractivity contribution in [3.63, 3.8) is 0 Å². The van der Waals surface area contributed by atoms with Gasteiger partial charge in [-0.3, -0.25) is 0 Å². The van der Waals surface area contributed by atoms with Gasteiger partial charge in [0.2, 0.25) is 0 Å². The Morgan fingerprint density at radius 3 is 2.05 bits per heavy atom. The van der Waals surface area contributed by atoms with Crippen LogP contribution in [0.25, 0.3) is 76.9 Å². The summed E-state index contributed by atoms with van der Waals surface area (Å²) in [6, 6.07) is 35.0. The van der Waals surface area contributed by atoms with Gasteiger partial charge >= 0.3 is 0 Å². The van der Waals surface area contributed by atoms with Gasteiger partial charge in [-0.2, -0.15) is 0 Å². The van der Waals surface area contributed by atoms with E-state index in [1.165, 1.54) is 0 Å². The van der Waals surface area contributed by atoms with Gasteiger partial charge in [-0.1, -0.05) is 109 Å². The second-order valence-corrected chi connectivity index (χ2v) is 10.1. The van der Waals surface area contributed by atoms with Gasteiger partial charge in [0, 0.05) is 21.7 Å². The summed E-state index contributed by atoms with van der Waals surface area (Å²) in [7, 11) is 0. The maximum absolute atomic E-state index is 9.25. The summed E-state index contributed by atoms with van der Waals surface area (Å²) in [6.45, 7) is 0. The van der Waals surface area contributed by atoms with Gasteiger partial charge in [-0.25, -0.2) is 0 Å². The molecule has 0 atom stereocenters. The summed E-state index contributed by atoms with van der Waals surface area (Å²) in [5.41, 5.74) is 5.69. The zero-order valence-electron chi connectivity index (χ0n) is 25.2. The van der Waals surface area contributed by atoms with Crippen LogP contribution < -0.4 is 4.74 Å². The number of fused-ring (bicyclic) bond motifs is 7. The Kier molecular flexibility index (Phi) is 3.64. The van der Waals surface area contributed by atoms with Crippen LogP contribution in [0.3, 0.4) is 0 Å². The molecule has 0 saturated carbocycles. The standard InChI is InChI=1S/C38H22O2/c1-2-10-24-23(9-1)19-21-35-37(24)38-30(16-8-18-33(38)40-35)26-12-4-3-11-25(26)27-20-22-34-36-29(27)14-7-15-31(36)28-13-5-6-17-32(28)39-34/h1-22H/i3D,4D,11D,12D. The highest BCUT2D eigenvalue weighted by Crippen LogP contribution is 2.50. The molecule has 0 aliphatic carbocycles. The van der Waals surface area contributed by atoms with Crippen LogP contribution in [0.1, 0.15) is 5.48 Å². The summed E-state index contributed by atoms with van der Waals surface area (Å²) in [5.74, 6) is 1.50. The van der Waals surface area contributed by atoms with E-state index in [1.54, 1.807) is 0 Å². The molecule has 1 aliphatic rings. The molecule has 0 bridgehead atoms. The predicted octanol–water partition coefficient (Wildman–Crippen LogP) is 11.0. The second kappa shape index (κ2) is 8.08. The lowest BCUT2D eigenvalue weighted by molar-refractivity contribution is 0.487. The third-order valence-corrected chi connectivity index (χ3v) is 8.01. The highest BCUT2D eigenvalue weighted by Gasteiger charge is 2.23. The van der Waals surface area contributed by atoms with E-state index < -0.39 is 0 Å². The largest absolute Gasteiger partial charge is 0.456 e. The van der Waals surface area contributed by atoms with Crippen LogP contribution in [-0.4, -0.2) is 0 Å². The molecule has 186 valence electrons. The smallest absolute Gasteiger partial charge is 0.136 e. The Balaban J connectivity index is 1.43. The minimum atomic E-state index is -0.275. The molecule has 0 N–H and O–H groups in total. The van der Waals surface area contributed by atoms with E-state index in [0.717, 1.165) is 60.5 Å². The van der Waals surface area contributed by atoms with Crippen LogP contribution in [0, 0.1) is 0 Å². The van der Waals surface area contributed by atoms with Crippen LogP contribution >= 0.6 is 0 Å². The molecule has 1 aliphatic heterocycles. The lowest BCUT2D eigenvalue weighted by Gasteiger charge is -2.23. The van der Waals surface area contributed by atoms with Crippen molar-refractivity contribution in [1.29, 1.82) is 0 Å². The number of furan rings is 1. The van der Waals surface area contributed by atoms with Crippen molar-refractivity contribution in [2.75, 3.05) is 0 Å². The molecule has 40 heavy (non-hydrogen) atoms. The minimum Gasteiger partial charge on any atom is -0.456 e. The summed E-state index contributed by atoms with van der Waals surface area (Å²) in [4.78, 5) is 0. The lowest BCUT2D eigenvalue weighted by Crippen LogP contribution is -1.98. The van der Waals surface area contributed by atoms with Gasteiger partial charge in [0.15, 0.2) is 0 Å². The number of hydrogen-bond donors (Lipinski definition) is 0. The summed E-state index contributed by atoms with van der Waals surface area (Å²) >= 11 is 0. The lowest BCUT2D eigenvalue weighted by atomic mass is 9.87. The van der Waals surface area contributed by atoms with Crippen molar-refractivity contribution in [1.82, 2.24) is 0 Å². The van der Waals surface area contributed by atoms with Crippen molar-refractivity contribution in [3.8, 4) is 44.9 Å². The van der Waals surface area contributed by atoms with Crippen LogP contribution in [-0.2, 0) is 0 Å². The van der Waals surface area contributed by atoms with E-state index in [-0.39, 0.29) is 24.2 Å². The summed E-state index contributed by atoms with van der Waals surface area (Å²) < 4.78 is 48.6. The molecule has 0 amide bonds. The van der Waals surface area contributed by atoms with Crippen molar-refractivity contribution in [2.24, 2.45) is 0 Å². The third-order valence-electron chi connectivity index (χ3n) is 8.01. The fraction of sp³-hybridized carbons (Fsp3) is 0. The first-order valence-corrected chi connectivity index (χ1v) is 13.3. The highest BCUT2D eigenvalue weighted by molar-refractivity contribution is 6.23. The zero-order valence-corrected chi connectivity index (χ0v) is 21.2. The average Bonchev–Trinajstić information content (AvgIpc) is 3.46. The van der Waals surface area contributed by atoms with Crippen molar-refractivity contribution in [3.05, 3.63) is 133 Å². The van der Waals surface area contributed by atoms with Gasteiger partial charge in [0.05, 0.1) is 5.48 Å². The highest BCUT2D eigenvalue weighted by atomic mass is 16.5. The Labute approximate surface area is 236 Å². The molecule has 2 heteroatoms. The van der Waals surface area contributed by atoms with Crippen molar-refractivity contribution >= 4 is 43.5 Å². The molecule has 9 rings (SSSR count). The maximum atomic E-state index is 9.25. The minimum absolute atomic E-state index is 0.0894. The number of hydrogen-bond acceptors (Lipinski definition) is 2. The van der Waals surface area contributed by atoms with Crippen LogP contribution in [0.5, 0.6) is 11.5 Å². The number of rotatable bonds is 2. The summed E-state index contributed by atoms with van der Waals surface area (Å²) in [6.07, 6.45) is 0. The fourth-order valence-electron chi connectivity index (χ4n) is 6.31. The first kappa shape index (κ1) is 18.0. The van der Waals surface area contributed by atoms with E-state index in [4.69, 9.17) is 11.9 Å². The topological polar surface area (TPSA) is 22.4 Å². The molecular formula is C38H22O2. The monoisotopic (exact) mass is 514 g/mol. The van der Waals surface area contributed by atoms with E-state index in [1.807, 2.05) is 91.0 Å². The van der Waals surface area contributed by atoms with E-state index in [2.05, 4.69) is 18.2 Å². The van der Waals surface area contributed by atoms with Gasteiger partial charge in [-0.05, 0) is 68.2 Å². The maximum Gasteiger partial charge on any atom is 0.136 e. The molecule has 0 radical (unpaired) electrons. The summed E-state index contributed by atoms with van der Waals surface area (Å²) in [5, 5.41) is 5.61. The normalized spacial score (nSPS) is 13.6. The van der Waals surface area contributed by atoms with Gasteiger partial charge in [0.1, 0.15) is 22.7 Å². The van der Waals surface area contributed by atoms with Crippen molar-refractivity contribution in [2.45, 2.75) is 0 Å². The molecule has 0 spiro atoms. The quantitative estimate of drug-likeness (QED) is 0.229. The predicted molar refractivity (Wildman–Crippen MR) is 165 cm³/mol. The molecule has 8 aromatic rings. The molecule has 0 fully saturated rings. The third kappa shape index (κ3) is 2.93. The zero-order chi connectivity index (χ0) is 29.7. The van der Waals surface area contributed by atoms with Gasteiger partial charge in [0.25, 0.3) is 0 Å². The van der Waals surface area contributed by atoms with Gasteiger partial charge < -0.3 is 9.15 Å². The molecule has 2 nitrogen and oxygen atoms in total. The molecule has 2 heterocycles. The molecule has 1 aromatic heterocycles. The number of para-hydroxylation sites is 1. The molecule has 0 unspecified atom stereocenters. The average molecular weight is 515 g/mol. The Morgan fingerprint density at radius 2 is 1.12 bits per heavy atom. The molecule has 0 saturated heterocycles. The van der Waals surface area contributed by atoms with E-state index in [9.17, 15) is 2.74 Å². The van der Waals surface area contributed by atoms with Crippen molar-refractivity contribution < 1.29 is 14.6 Å². The SMILES string of the molecule is [2H]c1c([2H])c([2H])c(-c2cccc3oc4ccc5ccccc5c4c23)c(-c2ccc3c4c(cccc24)-c2ccccc2O3)c1[2H]. The van der Waals surface area contributed by atoms with Crippen LogP contribution in [0.4, 0.5) is 0 Å². The Morgan fingerprint density at radius 1 is 0.425 bits per heavy atom. The molecule has 7 aromatic carbocycles. The fourth-order valence-corrected chi connectivity index (χ4v) is 6.31. The first-order valence-electron chi connectivity index (χ1n) is 15.3. The Bertz CT molecular complexity index is 2530. The number of benzene rings is 7. The van der Waals surface area contributed by atoms with Crippen LogP contribution in [0.2, 0.25) is 0 Å². The number of ether oxygens (including phenoxy) is 1. The Hall–Kier alpha value is -5.34. The van der Waals surface area contributed by atoms with Gasteiger partial charge in [-0.15, -0.1) is 0 Å². The second-order valence-electron chi connectivity index (χ2n) is 10.1. The van der Waals surface area contributed by atoms with E-state index >= 15 is 0 Å². The van der Waals surface area contributed by atoms with Crippen LogP contribution in [0.15, 0.2) is 138 Å². The van der Waals surface area contributed by atoms with E-state index in [0.29, 0.717) is 27.8 Å².